The van der Waals surface area contributed by atoms with E-state index >= 15 is 0 Å². The van der Waals surface area contributed by atoms with Crippen molar-refractivity contribution in [1.82, 2.24) is 34.8 Å². The molecule has 0 saturated carbocycles. The molecule has 154 valence electrons. The molecule has 9 nitrogen and oxygen atoms in total. The van der Waals surface area contributed by atoms with E-state index < -0.39 is 0 Å². The van der Waals surface area contributed by atoms with Crippen molar-refractivity contribution in [1.29, 1.82) is 0 Å². The minimum atomic E-state index is 0.0768. The van der Waals surface area contributed by atoms with Crippen molar-refractivity contribution >= 4 is 16.9 Å². The highest BCUT2D eigenvalue weighted by Crippen LogP contribution is 2.26. The Morgan fingerprint density at radius 3 is 2.67 bits per heavy atom. The van der Waals surface area contributed by atoms with Crippen LogP contribution in [0.3, 0.4) is 0 Å². The van der Waals surface area contributed by atoms with Gasteiger partial charge in [-0.1, -0.05) is 35.5 Å². The van der Waals surface area contributed by atoms with Gasteiger partial charge in [0.15, 0.2) is 11.5 Å². The molecule has 1 fully saturated rings. The highest BCUT2D eigenvalue weighted by Gasteiger charge is 2.27. The van der Waals surface area contributed by atoms with E-state index in [0.29, 0.717) is 12.3 Å². The Labute approximate surface area is 174 Å². The van der Waals surface area contributed by atoms with Gasteiger partial charge in [0, 0.05) is 39.6 Å². The van der Waals surface area contributed by atoms with E-state index in [9.17, 15) is 0 Å². The molecule has 0 N–H and O–H groups in total. The molecule has 4 heterocycles. The van der Waals surface area contributed by atoms with Crippen LogP contribution in [0.25, 0.3) is 11.0 Å². The summed E-state index contributed by atoms with van der Waals surface area (Å²) in [6, 6.07) is 10.3. The second-order valence-electron chi connectivity index (χ2n) is 7.61. The molecule has 0 amide bonds. The molecule has 5 rings (SSSR count). The molecule has 1 aliphatic heterocycles. The molecule has 3 aromatic heterocycles. The van der Waals surface area contributed by atoms with Crippen LogP contribution in [0.15, 0.2) is 47.4 Å². The standard InChI is InChI=1S/C21H24N8O/c1-15(21-25-18(26-30-21)12-16-6-4-3-5-7-16)28-8-10-29(11-9-28)20-17-13-24-27(2)19(17)22-14-23-20/h3-7,13-15H,8-12H2,1-2H3/t15-/m0/s1. The number of aryl methyl sites for hydroxylation is 1. The third kappa shape index (κ3) is 3.52. The van der Waals surface area contributed by atoms with Crippen LogP contribution in [0.2, 0.25) is 0 Å². The second-order valence-corrected chi connectivity index (χ2v) is 7.61. The average molecular weight is 404 g/mol. The van der Waals surface area contributed by atoms with Gasteiger partial charge in [0.1, 0.15) is 12.1 Å². The number of hydrogen-bond acceptors (Lipinski definition) is 8. The van der Waals surface area contributed by atoms with Crippen molar-refractivity contribution in [3.63, 3.8) is 0 Å². The zero-order chi connectivity index (χ0) is 20.5. The number of benzene rings is 1. The summed E-state index contributed by atoms with van der Waals surface area (Å²) in [4.78, 5) is 18.2. The normalized spacial score (nSPS) is 16.3. The fourth-order valence-electron chi connectivity index (χ4n) is 3.97. The van der Waals surface area contributed by atoms with Crippen molar-refractivity contribution in [3.8, 4) is 0 Å². The Bertz CT molecular complexity index is 1130. The Kier molecular flexibility index (Phi) is 4.88. The fraction of sp³-hybridized carbons (Fsp3) is 0.381. The van der Waals surface area contributed by atoms with E-state index in [1.165, 1.54) is 5.56 Å². The highest BCUT2D eigenvalue weighted by molar-refractivity contribution is 5.86. The molecule has 4 aromatic rings. The summed E-state index contributed by atoms with van der Waals surface area (Å²) in [5.74, 6) is 2.34. The van der Waals surface area contributed by atoms with Crippen molar-refractivity contribution < 1.29 is 4.52 Å². The predicted molar refractivity (Wildman–Crippen MR) is 112 cm³/mol. The summed E-state index contributed by atoms with van der Waals surface area (Å²) in [5.41, 5.74) is 2.03. The maximum Gasteiger partial charge on any atom is 0.243 e. The summed E-state index contributed by atoms with van der Waals surface area (Å²) in [6.07, 6.45) is 4.13. The third-order valence-electron chi connectivity index (χ3n) is 5.72. The lowest BCUT2D eigenvalue weighted by Gasteiger charge is -2.37. The van der Waals surface area contributed by atoms with Crippen LogP contribution in [0.1, 0.15) is 30.2 Å². The maximum atomic E-state index is 5.58. The number of piperazine rings is 1. The van der Waals surface area contributed by atoms with Gasteiger partial charge in [0.25, 0.3) is 0 Å². The van der Waals surface area contributed by atoms with Gasteiger partial charge in [-0.2, -0.15) is 10.1 Å². The largest absolute Gasteiger partial charge is 0.353 e. The minimum Gasteiger partial charge on any atom is -0.353 e. The number of aromatic nitrogens is 6. The van der Waals surface area contributed by atoms with Crippen LogP contribution in [-0.2, 0) is 13.5 Å². The lowest BCUT2D eigenvalue weighted by molar-refractivity contribution is 0.164. The highest BCUT2D eigenvalue weighted by atomic mass is 16.5. The van der Waals surface area contributed by atoms with Crippen LogP contribution >= 0.6 is 0 Å². The van der Waals surface area contributed by atoms with Crippen molar-refractivity contribution in [2.45, 2.75) is 19.4 Å². The Hall–Kier alpha value is -3.33. The van der Waals surface area contributed by atoms with E-state index in [0.717, 1.165) is 48.9 Å². The van der Waals surface area contributed by atoms with Crippen LogP contribution < -0.4 is 4.90 Å². The van der Waals surface area contributed by atoms with E-state index in [4.69, 9.17) is 4.52 Å². The molecular formula is C21H24N8O. The molecule has 1 aliphatic rings. The first-order valence-corrected chi connectivity index (χ1v) is 10.2. The quantitative estimate of drug-likeness (QED) is 0.500. The average Bonchev–Trinajstić information content (AvgIpc) is 3.41. The molecule has 1 saturated heterocycles. The molecule has 30 heavy (non-hydrogen) atoms. The van der Waals surface area contributed by atoms with Crippen LogP contribution in [0.4, 0.5) is 5.82 Å². The zero-order valence-corrected chi connectivity index (χ0v) is 17.1. The SMILES string of the molecule is C[C@@H](c1nc(Cc2ccccc2)no1)N1CCN(c2ncnc3c2cnn3C)CC1. The molecule has 1 atom stereocenters. The van der Waals surface area contributed by atoms with Crippen molar-refractivity contribution in [2.75, 3.05) is 31.1 Å². The summed E-state index contributed by atoms with van der Waals surface area (Å²) < 4.78 is 7.35. The van der Waals surface area contributed by atoms with E-state index in [2.05, 4.69) is 54.1 Å². The van der Waals surface area contributed by atoms with E-state index in [1.807, 2.05) is 31.4 Å². The molecule has 0 aliphatic carbocycles. The molecule has 0 bridgehead atoms. The van der Waals surface area contributed by atoms with Gasteiger partial charge in [0.2, 0.25) is 5.89 Å². The molecule has 1 aromatic carbocycles. The number of hydrogen-bond donors (Lipinski definition) is 0. The first-order valence-electron chi connectivity index (χ1n) is 10.2. The maximum absolute atomic E-state index is 5.58. The number of nitrogens with zero attached hydrogens (tertiary/aromatic N) is 8. The Morgan fingerprint density at radius 2 is 1.87 bits per heavy atom. The topological polar surface area (TPSA) is 89.0 Å². The first kappa shape index (κ1) is 18.7. The molecular weight excluding hydrogens is 380 g/mol. The van der Waals surface area contributed by atoms with Crippen molar-refractivity contribution in [2.24, 2.45) is 7.05 Å². The summed E-state index contributed by atoms with van der Waals surface area (Å²) in [7, 11) is 1.90. The van der Waals surface area contributed by atoms with Gasteiger partial charge < -0.3 is 9.42 Å². The van der Waals surface area contributed by atoms with Gasteiger partial charge in [-0.3, -0.25) is 9.58 Å². The molecule has 9 heteroatoms. The lowest BCUT2D eigenvalue weighted by atomic mass is 10.1. The monoisotopic (exact) mass is 404 g/mol. The van der Waals surface area contributed by atoms with Crippen LogP contribution in [0, 0.1) is 0 Å². The second kappa shape index (κ2) is 7.83. The molecule has 0 spiro atoms. The van der Waals surface area contributed by atoms with Gasteiger partial charge in [-0.25, -0.2) is 9.97 Å². The molecule has 0 radical (unpaired) electrons. The van der Waals surface area contributed by atoms with E-state index in [-0.39, 0.29) is 6.04 Å². The smallest absolute Gasteiger partial charge is 0.243 e. The number of rotatable bonds is 5. The lowest BCUT2D eigenvalue weighted by Crippen LogP contribution is -2.47. The number of anilines is 1. The Morgan fingerprint density at radius 1 is 1.07 bits per heavy atom. The summed E-state index contributed by atoms with van der Waals surface area (Å²) in [5, 5.41) is 9.48. The molecule has 0 unspecified atom stereocenters. The minimum absolute atomic E-state index is 0.0768. The fourth-order valence-corrected chi connectivity index (χ4v) is 3.97. The van der Waals surface area contributed by atoms with Gasteiger partial charge >= 0.3 is 0 Å². The van der Waals surface area contributed by atoms with E-state index in [1.54, 1.807) is 11.0 Å². The summed E-state index contributed by atoms with van der Waals surface area (Å²) >= 11 is 0. The number of fused-ring (bicyclic) bond motifs is 1. The third-order valence-corrected chi connectivity index (χ3v) is 5.72. The zero-order valence-electron chi connectivity index (χ0n) is 17.1. The van der Waals surface area contributed by atoms with Crippen LogP contribution in [-0.4, -0.2) is 61.0 Å². The van der Waals surface area contributed by atoms with Gasteiger partial charge in [0.05, 0.1) is 17.6 Å². The first-order chi connectivity index (χ1) is 14.7. The van der Waals surface area contributed by atoms with Gasteiger partial charge in [-0.05, 0) is 12.5 Å². The van der Waals surface area contributed by atoms with Crippen molar-refractivity contribution in [3.05, 3.63) is 60.1 Å². The van der Waals surface area contributed by atoms with Gasteiger partial charge in [-0.15, -0.1) is 0 Å². The predicted octanol–water partition coefficient (Wildman–Crippen LogP) is 2.22. The van der Waals surface area contributed by atoms with Crippen LogP contribution in [0.5, 0.6) is 0 Å². The Balaban J connectivity index is 1.24. The summed E-state index contributed by atoms with van der Waals surface area (Å²) in [6.45, 7) is 5.65.